The van der Waals surface area contributed by atoms with Gasteiger partial charge in [0, 0.05) is 19.6 Å². The van der Waals surface area contributed by atoms with Crippen molar-refractivity contribution in [2.75, 3.05) is 53.4 Å². The lowest BCUT2D eigenvalue weighted by atomic mass is 10.1. The second-order valence-corrected chi connectivity index (χ2v) is 6.11. The van der Waals surface area contributed by atoms with Gasteiger partial charge in [-0.1, -0.05) is 31.2 Å². The molecule has 0 aromatic heterocycles. The molecular formula is C19H36N4. The predicted octanol–water partition coefficient (Wildman–Crippen LogP) is 1.86. The molecule has 132 valence electrons. The van der Waals surface area contributed by atoms with Crippen LogP contribution in [0.5, 0.6) is 0 Å². The molecule has 0 saturated heterocycles. The van der Waals surface area contributed by atoms with Crippen LogP contribution in [0.2, 0.25) is 0 Å². The third-order valence-electron chi connectivity index (χ3n) is 4.12. The van der Waals surface area contributed by atoms with Gasteiger partial charge >= 0.3 is 0 Å². The summed E-state index contributed by atoms with van der Waals surface area (Å²) in [4.78, 5) is 2.56. The van der Waals surface area contributed by atoms with Crippen molar-refractivity contribution in [2.24, 2.45) is 0 Å². The molecule has 0 bridgehead atoms. The Kier molecular flexibility index (Phi) is 11.8. The maximum Gasteiger partial charge on any atom is 0.0234 e. The SMILES string of the molecule is CCc1ccc(CN(CCCNC)CCNCCCNC)cc1. The van der Waals surface area contributed by atoms with E-state index in [0.717, 1.165) is 52.2 Å². The molecule has 0 fully saturated rings. The first kappa shape index (κ1) is 20.1. The van der Waals surface area contributed by atoms with Crippen LogP contribution in [-0.4, -0.2) is 58.3 Å². The van der Waals surface area contributed by atoms with Gasteiger partial charge in [0.05, 0.1) is 0 Å². The Balaban J connectivity index is 2.37. The lowest BCUT2D eigenvalue weighted by Gasteiger charge is -2.23. The molecule has 1 rings (SSSR count). The zero-order valence-corrected chi connectivity index (χ0v) is 15.3. The zero-order valence-electron chi connectivity index (χ0n) is 15.3. The van der Waals surface area contributed by atoms with E-state index in [1.165, 1.54) is 24.0 Å². The minimum absolute atomic E-state index is 1.05. The van der Waals surface area contributed by atoms with Crippen LogP contribution >= 0.6 is 0 Å². The first-order valence-electron chi connectivity index (χ1n) is 9.10. The fourth-order valence-corrected chi connectivity index (χ4v) is 2.64. The maximum absolute atomic E-state index is 3.55. The highest BCUT2D eigenvalue weighted by molar-refractivity contribution is 5.22. The van der Waals surface area contributed by atoms with Crippen molar-refractivity contribution in [3.05, 3.63) is 35.4 Å². The Morgan fingerprint density at radius 1 is 0.783 bits per heavy atom. The van der Waals surface area contributed by atoms with Gasteiger partial charge in [-0.2, -0.15) is 0 Å². The highest BCUT2D eigenvalue weighted by Gasteiger charge is 2.06. The Morgan fingerprint density at radius 2 is 1.43 bits per heavy atom. The second-order valence-electron chi connectivity index (χ2n) is 6.11. The molecule has 1 aromatic carbocycles. The van der Waals surface area contributed by atoms with Crippen molar-refractivity contribution >= 4 is 0 Å². The van der Waals surface area contributed by atoms with Crippen molar-refractivity contribution in [1.29, 1.82) is 0 Å². The van der Waals surface area contributed by atoms with Gasteiger partial charge in [-0.15, -0.1) is 0 Å². The van der Waals surface area contributed by atoms with E-state index in [2.05, 4.69) is 52.0 Å². The lowest BCUT2D eigenvalue weighted by molar-refractivity contribution is 0.261. The molecule has 23 heavy (non-hydrogen) atoms. The maximum atomic E-state index is 3.55. The van der Waals surface area contributed by atoms with E-state index in [9.17, 15) is 0 Å². The van der Waals surface area contributed by atoms with Gasteiger partial charge in [0.2, 0.25) is 0 Å². The summed E-state index contributed by atoms with van der Waals surface area (Å²) in [6.45, 7) is 9.84. The summed E-state index contributed by atoms with van der Waals surface area (Å²) >= 11 is 0. The minimum Gasteiger partial charge on any atom is -0.320 e. The highest BCUT2D eigenvalue weighted by Crippen LogP contribution is 2.08. The standard InChI is InChI=1S/C19H36N4/c1-4-18-7-9-19(10-8-18)17-23(15-6-12-21-3)16-14-22-13-5-11-20-2/h7-10,20-22H,4-6,11-17H2,1-3H3. The molecule has 0 aliphatic carbocycles. The van der Waals surface area contributed by atoms with Crippen LogP contribution in [0.25, 0.3) is 0 Å². The van der Waals surface area contributed by atoms with E-state index >= 15 is 0 Å². The van der Waals surface area contributed by atoms with Gasteiger partial charge in [0.25, 0.3) is 0 Å². The van der Waals surface area contributed by atoms with Crippen molar-refractivity contribution < 1.29 is 0 Å². The van der Waals surface area contributed by atoms with Crippen LogP contribution < -0.4 is 16.0 Å². The van der Waals surface area contributed by atoms with Crippen molar-refractivity contribution in [3.8, 4) is 0 Å². The molecule has 0 heterocycles. The molecule has 0 atom stereocenters. The summed E-state index contributed by atoms with van der Waals surface area (Å²) in [7, 11) is 4.03. The Bertz CT molecular complexity index is 377. The van der Waals surface area contributed by atoms with Gasteiger partial charge in [-0.3, -0.25) is 4.90 Å². The summed E-state index contributed by atoms with van der Waals surface area (Å²) in [6.07, 6.45) is 3.50. The van der Waals surface area contributed by atoms with Crippen molar-refractivity contribution in [3.63, 3.8) is 0 Å². The fourth-order valence-electron chi connectivity index (χ4n) is 2.64. The van der Waals surface area contributed by atoms with Crippen LogP contribution in [0.1, 0.15) is 30.9 Å². The summed E-state index contributed by atoms with van der Waals surface area (Å²) < 4.78 is 0. The summed E-state index contributed by atoms with van der Waals surface area (Å²) in [5.74, 6) is 0. The topological polar surface area (TPSA) is 39.3 Å². The molecule has 0 amide bonds. The first-order chi connectivity index (χ1) is 11.3. The zero-order chi connectivity index (χ0) is 16.8. The van der Waals surface area contributed by atoms with Crippen LogP contribution in [0.15, 0.2) is 24.3 Å². The number of rotatable bonds is 14. The molecule has 4 heteroatoms. The van der Waals surface area contributed by atoms with Crippen molar-refractivity contribution in [2.45, 2.75) is 32.7 Å². The first-order valence-corrected chi connectivity index (χ1v) is 9.10. The minimum atomic E-state index is 1.05. The van der Waals surface area contributed by atoms with Crippen molar-refractivity contribution in [1.82, 2.24) is 20.9 Å². The van der Waals surface area contributed by atoms with Gasteiger partial charge in [-0.05, 0) is 70.7 Å². The highest BCUT2D eigenvalue weighted by atomic mass is 15.1. The molecule has 3 N–H and O–H groups in total. The second kappa shape index (κ2) is 13.5. The molecule has 1 aromatic rings. The molecule has 0 saturated carbocycles. The van der Waals surface area contributed by atoms with Gasteiger partial charge in [0.15, 0.2) is 0 Å². The number of nitrogens with one attached hydrogen (secondary N) is 3. The number of aryl methyl sites for hydroxylation is 1. The van der Waals surface area contributed by atoms with E-state index in [1.807, 2.05) is 14.1 Å². The monoisotopic (exact) mass is 320 g/mol. The van der Waals surface area contributed by atoms with Crippen LogP contribution in [-0.2, 0) is 13.0 Å². The summed E-state index contributed by atoms with van der Waals surface area (Å²) in [6, 6.07) is 9.09. The molecule has 0 aliphatic rings. The van der Waals surface area contributed by atoms with Gasteiger partial charge < -0.3 is 16.0 Å². The number of hydrogen-bond donors (Lipinski definition) is 3. The average molecular weight is 321 g/mol. The quantitative estimate of drug-likeness (QED) is 0.458. The molecule has 0 aliphatic heterocycles. The van der Waals surface area contributed by atoms with Gasteiger partial charge in [-0.25, -0.2) is 0 Å². The van der Waals surface area contributed by atoms with E-state index < -0.39 is 0 Å². The number of benzene rings is 1. The average Bonchev–Trinajstić information content (AvgIpc) is 2.58. The predicted molar refractivity (Wildman–Crippen MR) is 101 cm³/mol. The van der Waals surface area contributed by atoms with E-state index in [4.69, 9.17) is 0 Å². The van der Waals surface area contributed by atoms with Crippen LogP contribution in [0, 0.1) is 0 Å². The lowest BCUT2D eigenvalue weighted by Crippen LogP contribution is -2.34. The van der Waals surface area contributed by atoms with Crippen LogP contribution in [0.4, 0.5) is 0 Å². The molecule has 4 nitrogen and oxygen atoms in total. The molecule has 0 radical (unpaired) electrons. The molecule has 0 unspecified atom stereocenters. The van der Waals surface area contributed by atoms with E-state index in [-0.39, 0.29) is 0 Å². The van der Waals surface area contributed by atoms with E-state index in [1.54, 1.807) is 0 Å². The Morgan fingerprint density at radius 3 is 2.09 bits per heavy atom. The normalized spacial score (nSPS) is 11.3. The smallest absolute Gasteiger partial charge is 0.0234 e. The summed E-state index contributed by atoms with van der Waals surface area (Å²) in [5.41, 5.74) is 2.84. The third kappa shape index (κ3) is 9.72. The largest absolute Gasteiger partial charge is 0.320 e. The Hall–Kier alpha value is -0.940. The Labute approximate surface area is 143 Å². The number of nitrogens with zero attached hydrogens (tertiary/aromatic N) is 1. The van der Waals surface area contributed by atoms with Crippen LogP contribution in [0.3, 0.4) is 0 Å². The number of hydrogen-bond acceptors (Lipinski definition) is 4. The van der Waals surface area contributed by atoms with E-state index in [0.29, 0.717) is 0 Å². The molecule has 0 spiro atoms. The summed E-state index contributed by atoms with van der Waals surface area (Å²) in [5, 5.41) is 9.98. The van der Waals surface area contributed by atoms with Gasteiger partial charge in [0.1, 0.15) is 0 Å². The third-order valence-corrected chi connectivity index (χ3v) is 4.12. The molecular weight excluding hydrogens is 284 g/mol. The fraction of sp³-hybridized carbons (Fsp3) is 0.684.